The molecule has 0 radical (unpaired) electrons. The van der Waals surface area contributed by atoms with Gasteiger partial charge in [0.25, 0.3) is 0 Å². The molecule has 1 unspecified atom stereocenters. The van der Waals surface area contributed by atoms with E-state index < -0.39 is 5.97 Å². The summed E-state index contributed by atoms with van der Waals surface area (Å²) >= 11 is 0. The Labute approximate surface area is 119 Å². The van der Waals surface area contributed by atoms with Crippen LogP contribution < -0.4 is 0 Å². The molecule has 0 saturated heterocycles. The number of rotatable bonds is 13. The van der Waals surface area contributed by atoms with E-state index in [4.69, 9.17) is 5.11 Å². The Morgan fingerprint density at radius 2 is 1.58 bits per heavy atom. The van der Waals surface area contributed by atoms with Gasteiger partial charge >= 0.3 is 5.97 Å². The third-order valence-electron chi connectivity index (χ3n) is 3.48. The van der Waals surface area contributed by atoms with Gasteiger partial charge in [0.05, 0.1) is 0 Å². The zero-order valence-corrected chi connectivity index (χ0v) is 12.9. The molecular weight excluding hydrogens is 236 g/mol. The lowest BCUT2D eigenvalue weighted by Gasteiger charge is -2.07. The number of carboxylic acids is 1. The van der Waals surface area contributed by atoms with Crippen LogP contribution in [0.1, 0.15) is 84.5 Å². The molecule has 0 bridgehead atoms. The average Bonchev–Trinajstić information content (AvgIpc) is 2.35. The van der Waals surface area contributed by atoms with Crippen LogP contribution in [-0.4, -0.2) is 11.1 Å². The highest BCUT2D eigenvalue weighted by molar-refractivity contribution is 5.66. The van der Waals surface area contributed by atoms with E-state index in [2.05, 4.69) is 19.1 Å². The highest BCUT2D eigenvalue weighted by atomic mass is 16.4. The maximum absolute atomic E-state index is 10.5. The van der Waals surface area contributed by atoms with Gasteiger partial charge in [-0.2, -0.15) is 0 Å². The summed E-state index contributed by atoms with van der Waals surface area (Å²) in [6.07, 6.45) is 17.4. The molecule has 0 fully saturated rings. The molecule has 0 aromatic heterocycles. The van der Waals surface area contributed by atoms with Crippen molar-refractivity contribution in [2.24, 2.45) is 5.92 Å². The van der Waals surface area contributed by atoms with E-state index in [0.717, 1.165) is 6.42 Å². The lowest BCUT2D eigenvalue weighted by atomic mass is 9.99. The van der Waals surface area contributed by atoms with E-state index in [0.29, 0.717) is 12.3 Å². The predicted octanol–water partition coefficient (Wildman–Crippen LogP) is 5.57. The molecule has 0 heterocycles. The van der Waals surface area contributed by atoms with Crippen LogP contribution in [0.3, 0.4) is 0 Å². The third kappa shape index (κ3) is 15.2. The third-order valence-corrected chi connectivity index (χ3v) is 3.48. The van der Waals surface area contributed by atoms with Gasteiger partial charge < -0.3 is 5.11 Å². The monoisotopic (exact) mass is 268 g/mol. The van der Waals surface area contributed by atoms with Crippen LogP contribution in [0.5, 0.6) is 0 Å². The largest absolute Gasteiger partial charge is 0.481 e. The fourth-order valence-electron chi connectivity index (χ4n) is 2.26. The molecule has 0 saturated carbocycles. The number of unbranched alkanes of at least 4 members (excludes halogenated alkanes) is 7. The smallest absolute Gasteiger partial charge is 0.303 e. The summed E-state index contributed by atoms with van der Waals surface area (Å²) in [6.45, 7) is 4.28. The minimum Gasteiger partial charge on any atom is -0.481 e. The first-order valence-electron chi connectivity index (χ1n) is 8.03. The molecule has 1 N–H and O–H groups in total. The fraction of sp³-hybridized carbons (Fsp3) is 0.824. The summed E-state index contributed by atoms with van der Waals surface area (Å²) in [6, 6.07) is 0. The van der Waals surface area contributed by atoms with Crippen molar-refractivity contribution >= 4 is 5.97 Å². The van der Waals surface area contributed by atoms with Crippen LogP contribution in [-0.2, 0) is 4.79 Å². The minimum atomic E-state index is -0.668. The van der Waals surface area contributed by atoms with Gasteiger partial charge in [0, 0.05) is 6.42 Å². The summed E-state index contributed by atoms with van der Waals surface area (Å²) < 4.78 is 0. The zero-order valence-electron chi connectivity index (χ0n) is 12.9. The molecule has 2 heteroatoms. The van der Waals surface area contributed by atoms with Gasteiger partial charge in [0.15, 0.2) is 0 Å². The van der Waals surface area contributed by atoms with Crippen molar-refractivity contribution in [3.63, 3.8) is 0 Å². The highest BCUT2D eigenvalue weighted by Crippen LogP contribution is 2.14. The van der Waals surface area contributed by atoms with Gasteiger partial charge in [-0.1, -0.05) is 64.5 Å². The second-order valence-corrected chi connectivity index (χ2v) is 5.66. The van der Waals surface area contributed by atoms with Crippen molar-refractivity contribution in [2.45, 2.75) is 84.5 Å². The summed E-state index contributed by atoms with van der Waals surface area (Å²) in [4.78, 5) is 10.5. The predicted molar refractivity (Wildman–Crippen MR) is 82.4 cm³/mol. The maximum atomic E-state index is 10.5. The van der Waals surface area contributed by atoms with Crippen molar-refractivity contribution < 1.29 is 9.90 Å². The molecule has 0 spiro atoms. The van der Waals surface area contributed by atoms with Crippen LogP contribution in [0.4, 0.5) is 0 Å². The Bertz CT molecular complexity index is 233. The molecule has 112 valence electrons. The van der Waals surface area contributed by atoms with E-state index in [9.17, 15) is 4.79 Å². The molecule has 0 rings (SSSR count). The Kier molecular flexibility index (Phi) is 13.1. The minimum absolute atomic E-state index is 0.317. The summed E-state index contributed by atoms with van der Waals surface area (Å²) in [7, 11) is 0. The maximum Gasteiger partial charge on any atom is 0.303 e. The van der Waals surface area contributed by atoms with Gasteiger partial charge in [-0.15, -0.1) is 0 Å². The van der Waals surface area contributed by atoms with Crippen LogP contribution in [0, 0.1) is 5.92 Å². The topological polar surface area (TPSA) is 37.3 Å². The van der Waals surface area contributed by atoms with E-state index in [-0.39, 0.29) is 0 Å². The highest BCUT2D eigenvalue weighted by Gasteiger charge is 2.06. The van der Waals surface area contributed by atoms with Crippen LogP contribution in [0.25, 0.3) is 0 Å². The molecule has 0 aliphatic rings. The van der Waals surface area contributed by atoms with Gasteiger partial charge in [-0.3, -0.25) is 4.79 Å². The van der Waals surface area contributed by atoms with Crippen molar-refractivity contribution in [1.82, 2.24) is 0 Å². The van der Waals surface area contributed by atoms with Crippen molar-refractivity contribution in [3.8, 4) is 0 Å². The molecular formula is C17H32O2. The first kappa shape index (κ1) is 18.2. The molecule has 0 aromatic carbocycles. The normalized spacial score (nSPS) is 12.9. The Morgan fingerprint density at radius 1 is 1.00 bits per heavy atom. The quantitative estimate of drug-likeness (QED) is 0.350. The molecule has 0 amide bonds. The van der Waals surface area contributed by atoms with Gasteiger partial charge in [0.2, 0.25) is 0 Å². The number of carbonyl (C=O) groups is 1. The number of hydrogen-bond donors (Lipinski definition) is 1. The molecule has 1 atom stereocenters. The molecule has 0 aliphatic carbocycles. The van der Waals surface area contributed by atoms with Crippen LogP contribution in [0.2, 0.25) is 0 Å². The van der Waals surface area contributed by atoms with Crippen molar-refractivity contribution in [3.05, 3.63) is 12.2 Å². The van der Waals surface area contributed by atoms with Crippen LogP contribution in [0.15, 0.2) is 12.2 Å². The van der Waals surface area contributed by atoms with E-state index in [1.165, 1.54) is 57.8 Å². The SMILES string of the molecule is CCCCCC/C=C\CCCCCC(C)CC(=O)O. The summed E-state index contributed by atoms with van der Waals surface area (Å²) in [5.74, 6) is -0.342. The van der Waals surface area contributed by atoms with Gasteiger partial charge in [-0.05, 0) is 31.6 Å². The lowest BCUT2D eigenvalue weighted by molar-refractivity contribution is -0.138. The van der Waals surface area contributed by atoms with Gasteiger partial charge in [-0.25, -0.2) is 0 Å². The van der Waals surface area contributed by atoms with Crippen molar-refractivity contribution in [1.29, 1.82) is 0 Å². The second kappa shape index (κ2) is 13.6. The molecule has 0 aromatic rings. The fourth-order valence-corrected chi connectivity index (χ4v) is 2.26. The number of carboxylic acid groups (broad SMARTS) is 1. The second-order valence-electron chi connectivity index (χ2n) is 5.66. The van der Waals surface area contributed by atoms with E-state index in [1.54, 1.807) is 0 Å². The first-order valence-corrected chi connectivity index (χ1v) is 8.03. The van der Waals surface area contributed by atoms with E-state index >= 15 is 0 Å². The lowest BCUT2D eigenvalue weighted by Crippen LogP contribution is -2.03. The van der Waals surface area contributed by atoms with Gasteiger partial charge in [0.1, 0.15) is 0 Å². The number of hydrogen-bond acceptors (Lipinski definition) is 1. The van der Waals surface area contributed by atoms with E-state index in [1.807, 2.05) is 6.92 Å². The van der Waals surface area contributed by atoms with Crippen LogP contribution >= 0.6 is 0 Å². The number of allylic oxidation sites excluding steroid dienone is 2. The Morgan fingerprint density at radius 3 is 2.11 bits per heavy atom. The molecule has 0 aliphatic heterocycles. The standard InChI is InChI=1S/C17H32O2/c1-3-4-5-6-7-8-9-10-11-12-13-14-16(2)15-17(18)19/h8-9,16H,3-7,10-15H2,1-2H3,(H,18,19)/b9-8-. The first-order chi connectivity index (χ1) is 9.16. The molecule has 2 nitrogen and oxygen atoms in total. The zero-order chi connectivity index (χ0) is 14.3. The summed E-state index contributed by atoms with van der Waals surface area (Å²) in [5.41, 5.74) is 0. The number of aliphatic carboxylic acids is 1. The Hall–Kier alpha value is -0.790. The van der Waals surface area contributed by atoms with Crippen molar-refractivity contribution in [2.75, 3.05) is 0 Å². The average molecular weight is 268 g/mol. The Balaban J connectivity index is 3.21. The summed E-state index contributed by atoms with van der Waals surface area (Å²) in [5, 5.41) is 8.65. The molecule has 19 heavy (non-hydrogen) atoms.